The van der Waals surface area contributed by atoms with Crippen LogP contribution in [0.2, 0.25) is 0 Å². The fourth-order valence-corrected chi connectivity index (χ4v) is 3.58. The maximum atomic E-state index is 11.6. The number of nitrogens with one attached hydrogen (secondary N) is 1. The van der Waals surface area contributed by atoms with Crippen LogP contribution in [-0.2, 0) is 4.79 Å². The quantitative estimate of drug-likeness (QED) is 0.167. The highest BCUT2D eigenvalue weighted by Gasteiger charge is 2.93. The standard InChI is InChI=1S/C16H21NO17/c18-9-4-6(10(19,20)17-9)5-1-2-7(34-16(30,31)32)8(3-5)33-15(29)13(25,26)11(21,22)12(23,24)14(15,27)28/h1-3,6,19-32H,4H2,(H,17,18). The summed E-state index contributed by atoms with van der Waals surface area (Å²) in [5.74, 6) is -31.2. The van der Waals surface area contributed by atoms with Gasteiger partial charge in [0, 0.05) is 6.42 Å². The molecule has 192 valence electrons. The molecule has 1 aliphatic heterocycles. The average molecular weight is 499 g/mol. The van der Waals surface area contributed by atoms with E-state index in [1.54, 1.807) is 5.32 Å². The van der Waals surface area contributed by atoms with Gasteiger partial charge in [-0.2, -0.15) is 0 Å². The van der Waals surface area contributed by atoms with Crippen LogP contribution < -0.4 is 14.8 Å². The Morgan fingerprint density at radius 3 is 1.71 bits per heavy atom. The first kappa shape index (κ1) is 26.3. The predicted octanol–water partition coefficient (Wildman–Crippen LogP) is -8.30. The van der Waals surface area contributed by atoms with Gasteiger partial charge < -0.3 is 86.3 Å². The number of aliphatic hydroxyl groups is 14. The molecule has 0 radical (unpaired) electrons. The molecule has 1 saturated carbocycles. The molecule has 1 heterocycles. The summed E-state index contributed by atoms with van der Waals surface area (Å²) in [6.07, 6.45) is -4.57. The Balaban J connectivity index is 2.18. The Labute approximate surface area is 186 Å². The van der Waals surface area contributed by atoms with Crippen LogP contribution in [-0.4, -0.2) is 118 Å². The van der Waals surface area contributed by atoms with Crippen LogP contribution in [0, 0.1) is 0 Å². The maximum absolute atomic E-state index is 11.6. The summed E-state index contributed by atoms with van der Waals surface area (Å²) in [4.78, 5) is 11.6. The van der Waals surface area contributed by atoms with Crippen molar-refractivity contribution < 1.29 is 85.8 Å². The van der Waals surface area contributed by atoms with Gasteiger partial charge in [0.2, 0.25) is 5.91 Å². The molecule has 18 nitrogen and oxygen atoms in total. The van der Waals surface area contributed by atoms with Crippen molar-refractivity contribution in [2.24, 2.45) is 0 Å². The van der Waals surface area contributed by atoms with E-state index < -0.39 is 70.8 Å². The van der Waals surface area contributed by atoms with E-state index in [2.05, 4.69) is 9.47 Å². The lowest BCUT2D eigenvalue weighted by atomic mass is 9.94. The van der Waals surface area contributed by atoms with Crippen LogP contribution in [0.4, 0.5) is 0 Å². The minimum absolute atomic E-state index is 0.326. The minimum Gasteiger partial charge on any atom is -0.448 e. The number of carbonyl (C=O) groups is 1. The third-order valence-corrected chi connectivity index (χ3v) is 5.48. The van der Waals surface area contributed by atoms with Crippen molar-refractivity contribution in [2.75, 3.05) is 0 Å². The SMILES string of the molecule is O=C1CC(c2ccc(OC(O)(O)O)c(OC3(O)C(O)(O)C(O)(O)C(O)(O)C3(O)O)c2)C(O)(O)N1. The zero-order valence-corrected chi connectivity index (χ0v) is 16.5. The summed E-state index contributed by atoms with van der Waals surface area (Å²) in [5.41, 5.74) is -0.326. The van der Waals surface area contributed by atoms with E-state index in [1.807, 2.05) is 0 Å². The Morgan fingerprint density at radius 1 is 0.794 bits per heavy atom. The highest BCUT2D eigenvalue weighted by Crippen LogP contribution is 2.55. The largest absolute Gasteiger partial charge is 0.453 e. The van der Waals surface area contributed by atoms with E-state index >= 15 is 0 Å². The van der Waals surface area contributed by atoms with Crippen molar-refractivity contribution in [3.8, 4) is 11.5 Å². The summed E-state index contributed by atoms with van der Waals surface area (Å²) in [5, 5.41) is 138. The van der Waals surface area contributed by atoms with E-state index in [0.717, 1.165) is 6.07 Å². The summed E-state index contributed by atoms with van der Waals surface area (Å²) < 4.78 is 8.89. The second-order valence-electron chi connectivity index (χ2n) is 7.85. The molecule has 1 saturated heterocycles. The normalized spacial score (nSPS) is 27.8. The molecule has 34 heavy (non-hydrogen) atoms. The van der Waals surface area contributed by atoms with Crippen LogP contribution in [0.25, 0.3) is 0 Å². The lowest BCUT2D eigenvalue weighted by Gasteiger charge is -2.39. The molecule has 0 spiro atoms. The summed E-state index contributed by atoms with van der Waals surface area (Å²) in [7, 11) is 0. The number of carbonyl (C=O) groups excluding carboxylic acids is 1. The molecule has 1 aromatic carbocycles. The molecule has 1 unspecified atom stereocenters. The van der Waals surface area contributed by atoms with Gasteiger partial charge in [-0.1, -0.05) is 6.07 Å². The van der Waals surface area contributed by atoms with Crippen LogP contribution in [0.1, 0.15) is 17.9 Å². The van der Waals surface area contributed by atoms with Gasteiger partial charge in [-0.15, -0.1) is 0 Å². The van der Waals surface area contributed by atoms with Crippen molar-refractivity contribution >= 4 is 5.91 Å². The lowest BCUT2D eigenvalue weighted by molar-refractivity contribution is -0.452. The first-order valence-electron chi connectivity index (χ1n) is 8.98. The van der Waals surface area contributed by atoms with Gasteiger partial charge in [0.25, 0.3) is 29.1 Å². The second kappa shape index (κ2) is 7.13. The molecule has 2 aliphatic rings. The van der Waals surface area contributed by atoms with Crippen molar-refractivity contribution in [2.45, 2.75) is 53.3 Å². The van der Waals surface area contributed by atoms with E-state index in [-0.39, 0.29) is 5.56 Å². The van der Waals surface area contributed by atoms with Gasteiger partial charge in [0.05, 0.1) is 5.92 Å². The molecule has 1 atom stereocenters. The van der Waals surface area contributed by atoms with Crippen LogP contribution in [0.5, 0.6) is 11.5 Å². The molecular formula is C16H21NO17. The number of rotatable bonds is 5. The minimum atomic E-state index is -4.75. The highest BCUT2D eigenvalue weighted by molar-refractivity contribution is 5.80. The van der Waals surface area contributed by atoms with Gasteiger partial charge in [-0.3, -0.25) is 4.79 Å². The molecular weight excluding hydrogens is 478 g/mol. The second-order valence-corrected chi connectivity index (χ2v) is 7.85. The van der Waals surface area contributed by atoms with Crippen molar-refractivity contribution in [1.82, 2.24) is 5.32 Å². The number of hydrogen-bond donors (Lipinski definition) is 15. The van der Waals surface area contributed by atoms with E-state index in [9.17, 15) is 61.0 Å². The molecule has 3 rings (SSSR count). The van der Waals surface area contributed by atoms with Crippen molar-refractivity contribution in [1.29, 1.82) is 0 Å². The van der Waals surface area contributed by atoms with E-state index in [0.29, 0.717) is 12.1 Å². The monoisotopic (exact) mass is 499 g/mol. The number of amides is 1. The topological polar surface area (TPSA) is 331 Å². The molecule has 1 aromatic rings. The zero-order valence-electron chi connectivity index (χ0n) is 16.5. The number of ether oxygens (including phenoxy) is 2. The lowest BCUT2D eigenvalue weighted by Crippen LogP contribution is -2.70. The van der Waals surface area contributed by atoms with Crippen molar-refractivity contribution in [3.05, 3.63) is 23.8 Å². The van der Waals surface area contributed by atoms with Crippen LogP contribution in [0.3, 0.4) is 0 Å². The number of hydrogen-bond acceptors (Lipinski definition) is 17. The maximum Gasteiger partial charge on any atom is 0.453 e. The average Bonchev–Trinajstić information content (AvgIpc) is 2.94. The van der Waals surface area contributed by atoms with Gasteiger partial charge >= 0.3 is 11.9 Å². The number of benzene rings is 1. The third kappa shape index (κ3) is 3.42. The Kier molecular flexibility index (Phi) is 5.52. The molecule has 1 amide bonds. The molecule has 1 aliphatic carbocycles. The molecule has 0 bridgehead atoms. The van der Waals surface area contributed by atoms with Gasteiger partial charge in [-0.05, 0) is 17.7 Å². The van der Waals surface area contributed by atoms with Crippen LogP contribution >= 0.6 is 0 Å². The van der Waals surface area contributed by atoms with E-state index in [1.165, 1.54) is 0 Å². The third-order valence-electron chi connectivity index (χ3n) is 5.48. The summed E-state index contributed by atoms with van der Waals surface area (Å²) in [6, 6.07) is 2.10. The smallest absolute Gasteiger partial charge is 0.448 e. The molecule has 0 aromatic heterocycles. The zero-order chi connectivity index (χ0) is 26.3. The molecule has 15 N–H and O–H groups in total. The fraction of sp³-hybridized carbons (Fsp3) is 0.562. The Morgan fingerprint density at radius 2 is 1.29 bits per heavy atom. The first-order valence-corrected chi connectivity index (χ1v) is 8.98. The van der Waals surface area contributed by atoms with Crippen molar-refractivity contribution in [3.63, 3.8) is 0 Å². The fourth-order valence-electron chi connectivity index (χ4n) is 3.58. The van der Waals surface area contributed by atoms with Gasteiger partial charge in [0.15, 0.2) is 11.5 Å². The van der Waals surface area contributed by atoms with Crippen LogP contribution in [0.15, 0.2) is 18.2 Å². The Bertz CT molecular complexity index is 968. The molecule has 18 heteroatoms. The molecule has 2 fully saturated rings. The Hall–Kier alpha value is -2.27. The van der Waals surface area contributed by atoms with Gasteiger partial charge in [-0.25, -0.2) is 0 Å². The van der Waals surface area contributed by atoms with Gasteiger partial charge in [0.1, 0.15) is 0 Å². The summed E-state index contributed by atoms with van der Waals surface area (Å²) >= 11 is 0. The first-order chi connectivity index (χ1) is 15.0. The van der Waals surface area contributed by atoms with E-state index in [4.69, 9.17) is 15.3 Å². The highest BCUT2D eigenvalue weighted by atomic mass is 16.9. The predicted molar refractivity (Wildman–Crippen MR) is 93.4 cm³/mol. The summed E-state index contributed by atoms with van der Waals surface area (Å²) in [6.45, 7) is 0.